The van der Waals surface area contributed by atoms with E-state index in [2.05, 4.69) is 20.4 Å². The maximum absolute atomic E-state index is 14.9. The molecule has 1 saturated heterocycles. The van der Waals surface area contributed by atoms with Gasteiger partial charge in [0, 0.05) is 66.5 Å². The summed E-state index contributed by atoms with van der Waals surface area (Å²) in [5.74, 6) is -1.15. The number of pyridine rings is 2. The molecule has 4 aromatic rings. The summed E-state index contributed by atoms with van der Waals surface area (Å²) in [7, 11) is 1.28. The van der Waals surface area contributed by atoms with Crippen LogP contribution in [0.4, 0.5) is 30.5 Å². The van der Waals surface area contributed by atoms with E-state index in [1.165, 1.54) is 13.2 Å². The first-order valence-corrected chi connectivity index (χ1v) is 13.1. The molecule has 0 saturated carbocycles. The van der Waals surface area contributed by atoms with Crippen molar-refractivity contribution in [3.8, 4) is 34.2 Å². The number of nitrogens with zero attached hydrogens (tertiary/aromatic N) is 6. The highest BCUT2D eigenvalue weighted by Crippen LogP contribution is 2.37. The summed E-state index contributed by atoms with van der Waals surface area (Å²) in [5.41, 5.74) is 8.45. The summed E-state index contributed by atoms with van der Waals surface area (Å²) in [4.78, 5) is 11.1. The van der Waals surface area contributed by atoms with Gasteiger partial charge in [-0.3, -0.25) is 4.68 Å². The highest BCUT2D eigenvalue weighted by atomic mass is 35.5. The van der Waals surface area contributed by atoms with Crippen LogP contribution in [0.15, 0.2) is 48.9 Å². The van der Waals surface area contributed by atoms with E-state index in [1.807, 2.05) is 41.8 Å². The standard InChI is InChI=1S/C29H29F3N8O.ClH/c1-16(2)40-14-18(12-36-40)20-13-35-27(10-24(20)39-7-6-21(31)23(34)15-39)37-26-5-4-17(11-33)29(38-26)28-22(32)8-19(30)9-25(28)41-3;/h4-5,8-10,12-14,16,21,23H,6-7,15,34H2,1-3H3,(H,35,37,38);1H/t21-,23-;/m1./s1. The first-order valence-electron chi connectivity index (χ1n) is 13.1. The molecule has 1 aliphatic rings. The van der Waals surface area contributed by atoms with Gasteiger partial charge in [0.1, 0.15) is 41.3 Å². The minimum Gasteiger partial charge on any atom is -0.496 e. The number of benzene rings is 1. The van der Waals surface area contributed by atoms with Gasteiger partial charge in [-0.15, -0.1) is 12.4 Å². The molecule has 3 aromatic heterocycles. The molecule has 0 aliphatic carbocycles. The van der Waals surface area contributed by atoms with Crippen LogP contribution in [0.5, 0.6) is 5.75 Å². The molecule has 13 heteroatoms. The number of aromatic nitrogens is 4. The largest absolute Gasteiger partial charge is 0.496 e. The number of nitrogens with one attached hydrogen (secondary N) is 1. The summed E-state index contributed by atoms with van der Waals surface area (Å²) in [6, 6.07) is 8.11. The van der Waals surface area contributed by atoms with Crippen molar-refractivity contribution in [2.24, 2.45) is 5.73 Å². The summed E-state index contributed by atoms with van der Waals surface area (Å²) < 4.78 is 49.9. The molecule has 3 N–H and O–H groups in total. The molecule has 220 valence electrons. The molecule has 5 rings (SSSR count). The summed E-state index contributed by atoms with van der Waals surface area (Å²) in [5, 5.41) is 17.2. The average Bonchev–Trinajstić information content (AvgIpc) is 3.45. The average molecular weight is 599 g/mol. The van der Waals surface area contributed by atoms with Crippen LogP contribution in [0.25, 0.3) is 22.4 Å². The molecule has 0 radical (unpaired) electrons. The maximum atomic E-state index is 14.9. The second-order valence-electron chi connectivity index (χ2n) is 10.1. The van der Waals surface area contributed by atoms with Gasteiger partial charge in [-0.05, 0) is 32.4 Å². The van der Waals surface area contributed by atoms with Crippen LogP contribution in [0.2, 0.25) is 0 Å². The lowest BCUT2D eigenvalue weighted by molar-refractivity contribution is 0.244. The Kier molecular flexibility index (Phi) is 9.23. The van der Waals surface area contributed by atoms with E-state index < -0.39 is 23.8 Å². The molecule has 1 fully saturated rings. The fourth-order valence-electron chi connectivity index (χ4n) is 4.81. The number of nitrogens with two attached hydrogens (primary N) is 1. The number of halogens is 4. The first kappa shape index (κ1) is 30.6. The van der Waals surface area contributed by atoms with Crippen molar-refractivity contribution in [3.05, 3.63) is 66.1 Å². The zero-order valence-electron chi connectivity index (χ0n) is 23.2. The third-order valence-corrected chi connectivity index (χ3v) is 6.98. The Labute approximate surface area is 247 Å². The van der Waals surface area contributed by atoms with E-state index in [0.29, 0.717) is 31.4 Å². The van der Waals surface area contributed by atoms with E-state index in [1.54, 1.807) is 18.5 Å². The van der Waals surface area contributed by atoms with Gasteiger partial charge in [0.2, 0.25) is 0 Å². The molecule has 42 heavy (non-hydrogen) atoms. The Morgan fingerprint density at radius 2 is 1.95 bits per heavy atom. The second kappa shape index (κ2) is 12.7. The maximum Gasteiger partial charge on any atom is 0.139 e. The highest BCUT2D eigenvalue weighted by molar-refractivity contribution is 5.85. The summed E-state index contributed by atoms with van der Waals surface area (Å²) in [6.07, 6.45) is 4.60. The lowest BCUT2D eigenvalue weighted by Gasteiger charge is -2.35. The van der Waals surface area contributed by atoms with Crippen LogP contribution in [-0.2, 0) is 0 Å². The van der Waals surface area contributed by atoms with Crippen molar-refractivity contribution in [2.75, 3.05) is 30.4 Å². The van der Waals surface area contributed by atoms with Crippen LogP contribution < -0.4 is 20.7 Å². The van der Waals surface area contributed by atoms with Gasteiger partial charge in [0.15, 0.2) is 0 Å². The number of ether oxygens (including phenoxy) is 1. The van der Waals surface area contributed by atoms with Crippen molar-refractivity contribution >= 4 is 29.7 Å². The van der Waals surface area contributed by atoms with Gasteiger partial charge in [-0.25, -0.2) is 23.1 Å². The van der Waals surface area contributed by atoms with Crippen LogP contribution in [0.1, 0.15) is 31.9 Å². The van der Waals surface area contributed by atoms with Crippen molar-refractivity contribution in [3.63, 3.8) is 0 Å². The molecule has 2 atom stereocenters. The molecule has 0 amide bonds. The fraction of sp³-hybridized carbons (Fsp3) is 0.310. The predicted molar refractivity (Wildman–Crippen MR) is 157 cm³/mol. The van der Waals surface area contributed by atoms with Crippen molar-refractivity contribution in [1.82, 2.24) is 19.7 Å². The smallest absolute Gasteiger partial charge is 0.139 e. The quantitative estimate of drug-likeness (QED) is 0.275. The Morgan fingerprint density at radius 1 is 1.17 bits per heavy atom. The zero-order chi connectivity index (χ0) is 29.3. The Hall–Kier alpha value is -4.34. The van der Waals surface area contributed by atoms with Crippen molar-refractivity contribution < 1.29 is 17.9 Å². The Balaban J connectivity index is 0.00000405. The van der Waals surface area contributed by atoms with Crippen molar-refractivity contribution in [2.45, 2.75) is 38.5 Å². The Morgan fingerprint density at radius 3 is 2.62 bits per heavy atom. The number of methoxy groups -OCH3 is 1. The van der Waals surface area contributed by atoms with Gasteiger partial charge in [0.25, 0.3) is 0 Å². The third kappa shape index (κ3) is 6.12. The van der Waals surface area contributed by atoms with E-state index in [4.69, 9.17) is 10.5 Å². The van der Waals surface area contributed by atoms with Gasteiger partial charge in [0.05, 0.1) is 36.2 Å². The molecule has 4 heterocycles. The summed E-state index contributed by atoms with van der Waals surface area (Å²) in [6.45, 7) is 4.84. The molecule has 9 nitrogen and oxygen atoms in total. The number of nitriles is 1. The van der Waals surface area contributed by atoms with Crippen molar-refractivity contribution in [1.29, 1.82) is 5.26 Å². The van der Waals surface area contributed by atoms with Gasteiger partial charge in [-0.1, -0.05) is 0 Å². The first-order chi connectivity index (χ1) is 19.7. The summed E-state index contributed by atoms with van der Waals surface area (Å²) >= 11 is 0. The van der Waals surface area contributed by atoms with Crippen LogP contribution in [-0.4, -0.2) is 52.2 Å². The SMILES string of the molecule is COc1cc(F)cc(F)c1-c1nc(Nc2cc(N3CC[C@@H](F)[C@H](N)C3)c(-c3cnn(C(C)C)c3)cn2)ccc1C#N.Cl. The Bertz CT molecular complexity index is 1620. The lowest BCUT2D eigenvalue weighted by atomic mass is 10.0. The van der Waals surface area contributed by atoms with E-state index in [0.717, 1.165) is 22.9 Å². The number of rotatable bonds is 7. The fourth-order valence-corrected chi connectivity index (χ4v) is 4.81. The number of hydrogen-bond donors (Lipinski definition) is 2. The molecule has 1 aromatic carbocycles. The number of piperidine rings is 1. The van der Waals surface area contributed by atoms with Crippen LogP contribution in [0, 0.1) is 23.0 Å². The minimum absolute atomic E-state index is 0. The molecular formula is C29H30ClF3N8O. The predicted octanol–water partition coefficient (Wildman–Crippen LogP) is 5.79. The molecular weight excluding hydrogens is 569 g/mol. The lowest BCUT2D eigenvalue weighted by Crippen LogP contribution is -2.49. The third-order valence-electron chi connectivity index (χ3n) is 6.98. The molecule has 0 unspecified atom stereocenters. The number of anilines is 3. The topological polar surface area (TPSA) is 118 Å². The van der Waals surface area contributed by atoms with Crippen LogP contribution >= 0.6 is 12.4 Å². The normalized spacial score (nSPS) is 16.6. The van der Waals surface area contributed by atoms with Gasteiger partial charge >= 0.3 is 0 Å². The van der Waals surface area contributed by atoms with Crippen LogP contribution in [0.3, 0.4) is 0 Å². The number of hydrogen-bond acceptors (Lipinski definition) is 8. The molecule has 0 spiro atoms. The van der Waals surface area contributed by atoms with E-state index >= 15 is 0 Å². The highest BCUT2D eigenvalue weighted by Gasteiger charge is 2.28. The second-order valence-corrected chi connectivity index (χ2v) is 10.1. The molecule has 1 aliphatic heterocycles. The monoisotopic (exact) mass is 598 g/mol. The van der Waals surface area contributed by atoms with Gasteiger partial charge in [-0.2, -0.15) is 10.4 Å². The van der Waals surface area contributed by atoms with E-state index in [9.17, 15) is 18.4 Å². The number of alkyl halides is 1. The van der Waals surface area contributed by atoms with E-state index in [-0.39, 0.29) is 46.8 Å². The minimum atomic E-state index is -1.08. The molecule has 0 bridgehead atoms. The zero-order valence-corrected chi connectivity index (χ0v) is 24.0. The van der Waals surface area contributed by atoms with Gasteiger partial charge < -0.3 is 20.7 Å².